The zero-order valence-corrected chi connectivity index (χ0v) is 25.9. The lowest BCUT2D eigenvalue weighted by Gasteiger charge is -2.36. The number of fused-ring (bicyclic) bond motifs is 7. The van der Waals surface area contributed by atoms with E-state index in [2.05, 4.69) is 180 Å². The van der Waals surface area contributed by atoms with Crippen LogP contribution >= 0.6 is 0 Å². The molecule has 2 heteroatoms. The molecule has 1 heterocycles. The molecule has 0 spiro atoms. The Morgan fingerprint density at radius 1 is 0.400 bits per heavy atom. The van der Waals surface area contributed by atoms with Gasteiger partial charge >= 0.3 is 0 Å². The largest absolute Gasteiger partial charge is 0.309 e. The van der Waals surface area contributed by atoms with Crippen molar-refractivity contribution in [3.8, 4) is 16.8 Å². The summed E-state index contributed by atoms with van der Waals surface area (Å²) in [4.78, 5) is 0. The second-order valence-electron chi connectivity index (χ2n) is 12.0. The van der Waals surface area contributed by atoms with Gasteiger partial charge in [0.1, 0.15) is 0 Å². The molecule has 0 saturated heterocycles. The number of hydrogen-bond acceptors (Lipinski definition) is 0. The first kappa shape index (κ1) is 26.0. The highest BCUT2D eigenvalue weighted by Crippen LogP contribution is 2.44. The molecule has 0 unspecified atom stereocenters. The van der Waals surface area contributed by atoms with E-state index in [9.17, 15) is 0 Å². The summed E-state index contributed by atoms with van der Waals surface area (Å²) in [5.74, 6) is 0. The van der Waals surface area contributed by atoms with E-state index in [0.717, 1.165) is 6.42 Å². The first-order valence-corrected chi connectivity index (χ1v) is 17.8. The molecule has 7 aromatic carbocycles. The van der Waals surface area contributed by atoms with E-state index in [1.807, 2.05) is 0 Å². The number of rotatable bonds is 5. The van der Waals surface area contributed by atoms with Crippen LogP contribution in [0.3, 0.4) is 0 Å². The van der Waals surface area contributed by atoms with Gasteiger partial charge in [-0.05, 0) is 61.2 Å². The summed E-state index contributed by atoms with van der Waals surface area (Å²) in [6.45, 7) is 0. The van der Waals surface area contributed by atoms with Crippen LogP contribution in [0, 0.1) is 0 Å². The molecule has 0 atom stereocenters. The molecule has 1 aromatic heterocycles. The maximum atomic E-state index is 2.49. The van der Waals surface area contributed by atoms with Gasteiger partial charge in [-0.15, -0.1) is 0 Å². The minimum Gasteiger partial charge on any atom is -0.309 e. The summed E-state index contributed by atoms with van der Waals surface area (Å²) in [5.41, 5.74) is 9.40. The second kappa shape index (κ2) is 10.3. The number of aromatic nitrogens is 1. The van der Waals surface area contributed by atoms with Gasteiger partial charge in [0.25, 0.3) is 0 Å². The molecule has 45 heavy (non-hydrogen) atoms. The van der Waals surface area contributed by atoms with Crippen LogP contribution in [0.4, 0.5) is 0 Å². The first-order chi connectivity index (χ1) is 22.4. The molecule has 0 aliphatic heterocycles. The number of nitrogens with zero attached hydrogens (tertiary/aromatic N) is 1. The van der Waals surface area contributed by atoms with Crippen molar-refractivity contribution in [3.05, 3.63) is 187 Å². The Morgan fingerprint density at radius 3 is 1.56 bits per heavy atom. The van der Waals surface area contributed by atoms with Gasteiger partial charge in [0.2, 0.25) is 0 Å². The minimum absolute atomic E-state index is 0.905. The van der Waals surface area contributed by atoms with Crippen LogP contribution in [-0.2, 0) is 6.42 Å². The first-order valence-electron chi connectivity index (χ1n) is 15.8. The summed E-state index contributed by atoms with van der Waals surface area (Å²) in [6.07, 6.45) is 0.905. The van der Waals surface area contributed by atoms with Crippen molar-refractivity contribution >= 4 is 50.6 Å². The molecule has 8 aromatic rings. The lowest BCUT2D eigenvalue weighted by molar-refractivity contribution is 1.15. The van der Waals surface area contributed by atoms with Gasteiger partial charge < -0.3 is 4.57 Å². The van der Waals surface area contributed by atoms with Crippen molar-refractivity contribution < 1.29 is 0 Å². The molecule has 1 aliphatic rings. The maximum Gasteiger partial charge on any atom is 0.179 e. The van der Waals surface area contributed by atoms with E-state index < -0.39 is 8.07 Å². The van der Waals surface area contributed by atoms with Gasteiger partial charge in [-0.2, -0.15) is 0 Å². The standard InChI is InChI=1S/C43H31NSi/c1-5-16-31(17-6-1)44-41-26-14-13-24-37(41)38-29-28-36-35-25-15-27-42(39(35)30-40(36)43(38)44)45(32-18-7-2-8-19-32,33-20-9-3-10-21-33)34-22-11-4-12-23-34/h1-29H,30H2. The Balaban J connectivity index is 1.37. The van der Waals surface area contributed by atoms with Crippen LogP contribution in [0.5, 0.6) is 0 Å². The molecular weight excluding hydrogens is 559 g/mol. The molecule has 212 valence electrons. The molecular formula is C43H31NSi. The van der Waals surface area contributed by atoms with Gasteiger partial charge in [0, 0.05) is 22.9 Å². The highest BCUT2D eigenvalue weighted by atomic mass is 28.3. The Bertz CT molecular complexity index is 2230. The predicted molar refractivity (Wildman–Crippen MR) is 193 cm³/mol. The van der Waals surface area contributed by atoms with Crippen molar-refractivity contribution in [3.63, 3.8) is 0 Å². The SMILES string of the molecule is c1ccc(-n2c3ccccc3c3ccc4c(c32)Cc2c-4cccc2[Si](c2ccccc2)(c2ccccc2)c2ccccc2)cc1. The molecule has 0 fully saturated rings. The van der Waals surface area contributed by atoms with Crippen LogP contribution in [0.2, 0.25) is 0 Å². The Kier molecular flexibility index (Phi) is 5.97. The fourth-order valence-corrected chi connectivity index (χ4v) is 13.0. The average molecular weight is 590 g/mol. The number of hydrogen-bond donors (Lipinski definition) is 0. The predicted octanol–water partition coefficient (Wildman–Crippen LogP) is 7.73. The highest BCUT2D eigenvalue weighted by molar-refractivity contribution is 7.20. The van der Waals surface area contributed by atoms with Crippen molar-refractivity contribution in [1.29, 1.82) is 0 Å². The zero-order valence-electron chi connectivity index (χ0n) is 24.9. The maximum absolute atomic E-state index is 2.68. The van der Waals surface area contributed by atoms with E-state index >= 15 is 0 Å². The van der Waals surface area contributed by atoms with Gasteiger partial charge in [-0.3, -0.25) is 0 Å². The molecule has 0 N–H and O–H groups in total. The van der Waals surface area contributed by atoms with Crippen LogP contribution in [-0.4, -0.2) is 12.6 Å². The van der Waals surface area contributed by atoms with E-state index in [1.165, 1.54) is 70.5 Å². The zero-order chi connectivity index (χ0) is 29.8. The van der Waals surface area contributed by atoms with Gasteiger partial charge in [-0.25, -0.2) is 0 Å². The van der Waals surface area contributed by atoms with E-state index in [-0.39, 0.29) is 0 Å². The van der Waals surface area contributed by atoms with Crippen LogP contribution in [0.25, 0.3) is 38.6 Å². The second-order valence-corrected chi connectivity index (χ2v) is 15.8. The lowest BCUT2D eigenvalue weighted by atomic mass is 10.0. The smallest absolute Gasteiger partial charge is 0.179 e. The van der Waals surface area contributed by atoms with E-state index in [1.54, 1.807) is 0 Å². The monoisotopic (exact) mass is 589 g/mol. The molecule has 9 rings (SSSR count). The fraction of sp³-hybridized carbons (Fsp3) is 0.0233. The third-order valence-electron chi connectivity index (χ3n) is 9.80. The van der Waals surface area contributed by atoms with Crippen LogP contribution in [0.1, 0.15) is 11.1 Å². The fourth-order valence-electron chi connectivity index (χ4n) is 7.99. The van der Waals surface area contributed by atoms with Crippen molar-refractivity contribution in [2.45, 2.75) is 6.42 Å². The molecule has 0 bridgehead atoms. The van der Waals surface area contributed by atoms with Crippen molar-refractivity contribution in [1.82, 2.24) is 4.57 Å². The molecule has 1 nitrogen and oxygen atoms in total. The summed E-state index contributed by atoms with van der Waals surface area (Å²) < 4.78 is 2.49. The van der Waals surface area contributed by atoms with Crippen molar-refractivity contribution in [2.75, 3.05) is 0 Å². The summed E-state index contributed by atoms with van der Waals surface area (Å²) in [6, 6.07) is 65.4. The Morgan fingerprint density at radius 2 is 0.933 bits per heavy atom. The van der Waals surface area contributed by atoms with Crippen LogP contribution in [0.15, 0.2) is 176 Å². The third-order valence-corrected chi connectivity index (χ3v) is 14.7. The summed E-state index contributed by atoms with van der Waals surface area (Å²) in [5, 5.41) is 8.34. The molecule has 0 saturated carbocycles. The van der Waals surface area contributed by atoms with Gasteiger partial charge in [0.05, 0.1) is 11.0 Å². The topological polar surface area (TPSA) is 4.93 Å². The molecule has 1 aliphatic carbocycles. The minimum atomic E-state index is -2.68. The summed E-state index contributed by atoms with van der Waals surface area (Å²) in [7, 11) is -2.68. The lowest BCUT2D eigenvalue weighted by Crippen LogP contribution is -2.75. The normalized spacial score (nSPS) is 12.4. The third kappa shape index (κ3) is 3.79. The van der Waals surface area contributed by atoms with Crippen LogP contribution < -0.4 is 20.7 Å². The Labute approximate surface area is 264 Å². The summed E-state index contributed by atoms with van der Waals surface area (Å²) >= 11 is 0. The Hall–Kier alpha value is -5.44. The molecule has 0 radical (unpaired) electrons. The molecule has 0 amide bonds. The number of para-hydroxylation sites is 2. The van der Waals surface area contributed by atoms with Gasteiger partial charge in [-0.1, -0.05) is 158 Å². The van der Waals surface area contributed by atoms with E-state index in [0.29, 0.717) is 0 Å². The quantitative estimate of drug-likeness (QED) is 0.143. The van der Waals surface area contributed by atoms with E-state index in [4.69, 9.17) is 0 Å². The van der Waals surface area contributed by atoms with Crippen molar-refractivity contribution in [2.24, 2.45) is 0 Å². The highest BCUT2D eigenvalue weighted by Gasteiger charge is 2.44. The average Bonchev–Trinajstić information content (AvgIpc) is 3.67. The van der Waals surface area contributed by atoms with Gasteiger partial charge in [0.15, 0.2) is 8.07 Å². The number of benzene rings is 7.